The van der Waals surface area contributed by atoms with Crippen molar-refractivity contribution in [1.82, 2.24) is 25.4 Å². The summed E-state index contributed by atoms with van der Waals surface area (Å²) in [4.78, 5) is 8.83. The smallest absolute Gasteiger partial charge is 0.218 e. The van der Waals surface area contributed by atoms with E-state index in [1.807, 2.05) is 23.0 Å². The van der Waals surface area contributed by atoms with E-state index in [0.717, 1.165) is 36.8 Å². The van der Waals surface area contributed by atoms with Gasteiger partial charge in [-0.3, -0.25) is 9.67 Å². The van der Waals surface area contributed by atoms with Crippen LogP contribution < -0.4 is 15.4 Å². The fourth-order valence-corrected chi connectivity index (χ4v) is 3.86. The number of hydrogen-bond donors (Lipinski definition) is 2. The molecule has 3 aromatic rings. The summed E-state index contributed by atoms with van der Waals surface area (Å²) in [5.74, 6) is 1.46. The number of benzene rings is 1. The van der Waals surface area contributed by atoms with Crippen LogP contribution in [0.1, 0.15) is 42.4 Å². The molecule has 170 valence electrons. The molecule has 2 aromatic heterocycles. The molecule has 7 nitrogen and oxygen atoms in total. The molecule has 1 aliphatic rings. The fourth-order valence-electron chi connectivity index (χ4n) is 3.86. The molecule has 0 bridgehead atoms. The van der Waals surface area contributed by atoms with Gasteiger partial charge in [0.2, 0.25) is 5.88 Å². The van der Waals surface area contributed by atoms with Crippen LogP contribution >= 0.6 is 24.0 Å². The quantitative estimate of drug-likeness (QED) is 0.253. The number of halogens is 1. The fraction of sp³-hybridized carbons (Fsp3) is 0.375. The number of aromatic nitrogens is 3. The highest BCUT2D eigenvalue weighted by Crippen LogP contribution is 2.24. The SMILES string of the molecule is CN=C(NCc1ccccc1Cn1cccn1)NCc1cccnc1OC1CCCC1.I. The molecule has 0 radical (unpaired) electrons. The van der Waals surface area contributed by atoms with Crippen LogP contribution in [0.3, 0.4) is 0 Å². The molecular weight excluding hydrogens is 515 g/mol. The molecule has 1 aliphatic carbocycles. The first-order valence-electron chi connectivity index (χ1n) is 10.9. The van der Waals surface area contributed by atoms with Gasteiger partial charge in [-0.15, -0.1) is 24.0 Å². The largest absolute Gasteiger partial charge is 0.474 e. The number of guanidine groups is 1. The summed E-state index contributed by atoms with van der Waals surface area (Å²) in [6, 6.07) is 14.3. The first-order valence-corrected chi connectivity index (χ1v) is 10.9. The summed E-state index contributed by atoms with van der Waals surface area (Å²) in [7, 11) is 1.78. The van der Waals surface area contributed by atoms with Gasteiger partial charge < -0.3 is 15.4 Å². The standard InChI is InChI=1S/C24H30N6O.HI/c1-25-24(27-16-19-8-2-3-9-21(19)18-30-15-7-14-29-30)28-17-20-10-6-13-26-23(20)31-22-11-4-5-12-22;/h2-3,6-10,13-15,22H,4-5,11-12,16-18H2,1H3,(H2,25,27,28);1H. The molecule has 0 saturated heterocycles. The molecule has 2 heterocycles. The first-order chi connectivity index (χ1) is 15.3. The van der Waals surface area contributed by atoms with Crippen molar-refractivity contribution >= 4 is 29.9 Å². The Balaban J connectivity index is 0.00000289. The number of hydrogen-bond acceptors (Lipinski definition) is 4. The molecule has 0 unspecified atom stereocenters. The van der Waals surface area contributed by atoms with Crippen LogP contribution in [0.15, 0.2) is 66.0 Å². The van der Waals surface area contributed by atoms with Crippen molar-refractivity contribution in [3.05, 3.63) is 77.7 Å². The second-order valence-electron chi connectivity index (χ2n) is 7.74. The van der Waals surface area contributed by atoms with E-state index in [1.165, 1.54) is 24.0 Å². The van der Waals surface area contributed by atoms with E-state index < -0.39 is 0 Å². The minimum atomic E-state index is 0. The van der Waals surface area contributed by atoms with Crippen LogP contribution in [-0.2, 0) is 19.6 Å². The van der Waals surface area contributed by atoms with Gasteiger partial charge >= 0.3 is 0 Å². The predicted octanol–water partition coefficient (Wildman–Crippen LogP) is 4.13. The second-order valence-corrected chi connectivity index (χ2v) is 7.74. The minimum Gasteiger partial charge on any atom is -0.474 e. The Kier molecular flexibility index (Phi) is 9.33. The molecular formula is C24H31IN6O. The van der Waals surface area contributed by atoms with Crippen LogP contribution in [0.25, 0.3) is 0 Å². The Morgan fingerprint density at radius 2 is 1.72 bits per heavy atom. The molecule has 0 aliphatic heterocycles. The van der Waals surface area contributed by atoms with E-state index in [0.29, 0.717) is 13.1 Å². The highest BCUT2D eigenvalue weighted by Gasteiger charge is 2.18. The Labute approximate surface area is 206 Å². The highest BCUT2D eigenvalue weighted by atomic mass is 127. The summed E-state index contributed by atoms with van der Waals surface area (Å²) >= 11 is 0. The van der Waals surface area contributed by atoms with E-state index in [2.05, 4.69) is 56.0 Å². The number of aliphatic imine (C=N–C) groups is 1. The van der Waals surface area contributed by atoms with E-state index in [4.69, 9.17) is 4.74 Å². The summed E-state index contributed by atoms with van der Waals surface area (Å²) in [5, 5.41) is 11.1. The normalized spacial score (nSPS) is 14.1. The summed E-state index contributed by atoms with van der Waals surface area (Å²) in [5.41, 5.74) is 3.48. The highest BCUT2D eigenvalue weighted by molar-refractivity contribution is 14.0. The molecule has 1 aromatic carbocycles. The Hall–Kier alpha value is -2.62. The van der Waals surface area contributed by atoms with Gasteiger partial charge in [0.05, 0.1) is 6.54 Å². The van der Waals surface area contributed by atoms with Gasteiger partial charge in [0.25, 0.3) is 0 Å². The number of pyridine rings is 1. The van der Waals surface area contributed by atoms with Crippen molar-refractivity contribution in [2.24, 2.45) is 4.99 Å². The van der Waals surface area contributed by atoms with Gasteiger partial charge in [-0.2, -0.15) is 5.10 Å². The zero-order chi connectivity index (χ0) is 21.3. The third kappa shape index (κ3) is 6.69. The van der Waals surface area contributed by atoms with Gasteiger partial charge in [0.1, 0.15) is 6.10 Å². The van der Waals surface area contributed by atoms with Gasteiger partial charge in [-0.25, -0.2) is 4.98 Å². The number of nitrogens with one attached hydrogen (secondary N) is 2. The molecule has 4 rings (SSSR count). The van der Waals surface area contributed by atoms with Crippen LogP contribution in [0.4, 0.5) is 0 Å². The van der Waals surface area contributed by atoms with Gasteiger partial charge in [-0.05, 0) is 48.9 Å². The maximum Gasteiger partial charge on any atom is 0.218 e. The minimum absolute atomic E-state index is 0. The average molecular weight is 546 g/mol. The Morgan fingerprint density at radius 1 is 1.00 bits per heavy atom. The van der Waals surface area contributed by atoms with Crippen LogP contribution in [-0.4, -0.2) is 33.9 Å². The maximum atomic E-state index is 6.15. The molecule has 1 fully saturated rings. The number of nitrogens with zero attached hydrogens (tertiary/aromatic N) is 4. The molecule has 8 heteroatoms. The van der Waals surface area contributed by atoms with E-state index in [9.17, 15) is 0 Å². The third-order valence-electron chi connectivity index (χ3n) is 5.56. The zero-order valence-corrected chi connectivity index (χ0v) is 20.7. The maximum absolute atomic E-state index is 6.15. The molecule has 32 heavy (non-hydrogen) atoms. The van der Waals surface area contributed by atoms with E-state index >= 15 is 0 Å². The van der Waals surface area contributed by atoms with Crippen LogP contribution in [0, 0.1) is 0 Å². The summed E-state index contributed by atoms with van der Waals surface area (Å²) in [6.45, 7) is 2.02. The lowest BCUT2D eigenvalue weighted by atomic mass is 10.1. The van der Waals surface area contributed by atoms with Gasteiger partial charge in [0, 0.05) is 44.3 Å². The van der Waals surface area contributed by atoms with Crippen molar-refractivity contribution in [2.75, 3.05) is 7.05 Å². The van der Waals surface area contributed by atoms with Crippen LogP contribution in [0.2, 0.25) is 0 Å². The summed E-state index contributed by atoms with van der Waals surface area (Å²) < 4.78 is 8.08. The average Bonchev–Trinajstić information content (AvgIpc) is 3.50. The van der Waals surface area contributed by atoms with Gasteiger partial charge in [0.15, 0.2) is 5.96 Å². The van der Waals surface area contributed by atoms with Crippen molar-refractivity contribution in [1.29, 1.82) is 0 Å². The van der Waals surface area contributed by atoms with Crippen molar-refractivity contribution in [2.45, 2.75) is 51.4 Å². The monoisotopic (exact) mass is 546 g/mol. The molecule has 0 spiro atoms. The third-order valence-corrected chi connectivity index (χ3v) is 5.56. The molecule has 0 amide bonds. The molecule has 2 N–H and O–H groups in total. The summed E-state index contributed by atoms with van der Waals surface area (Å²) in [6.07, 6.45) is 10.6. The lowest BCUT2D eigenvalue weighted by Crippen LogP contribution is -2.36. The predicted molar refractivity (Wildman–Crippen MR) is 137 cm³/mol. The lowest BCUT2D eigenvalue weighted by molar-refractivity contribution is 0.199. The Bertz CT molecular complexity index is 986. The number of rotatable bonds is 8. The molecule has 0 atom stereocenters. The van der Waals surface area contributed by atoms with E-state index in [1.54, 1.807) is 19.4 Å². The van der Waals surface area contributed by atoms with Crippen LogP contribution in [0.5, 0.6) is 5.88 Å². The second kappa shape index (κ2) is 12.4. The van der Waals surface area contributed by atoms with Crippen molar-refractivity contribution in [3.8, 4) is 5.88 Å². The van der Waals surface area contributed by atoms with Crippen molar-refractivity contribution < 1.29 is 4.74 Å². The topological polar surface area (TPSA) is 76.4 Å². The van der Waals surface area contributed by atoms with Gasteiger partial charge in [-0.1, -0.05) is 30.3 Å². The lowest BCUT2D eigenvalue weighted by Gasteiger charge is -2.17. The number of ether oxygens (including phenoxy) is 1. The zero-order valence-electron chi connectivity index (χ0n) is 18.4. The molecule has 1 saturated carbocycles. The Morgan fingerprint density at radius 3 is 2.44 bits per heavy atom. The van der Waals surface area contributed by atoms with Crippen molar-refractivity contribution in [3.63, 3.8) is 0 Å². The van der Waals surface area contributed by atoms with E-state index in [-0.39, 0.29) is 30.1 Å². The first kappa shape index (κ1) is 24.0.